The summed E-state index contributed by atoms with van der Waals surface area (Å²) in [4.78, 5) is 0. The van der Waals surface area contributed by atoms with Crippen LogP contribution < -0.4 is 4.74 Å². The molecule has 0 radical (unpaired) electrons. The molecule has 0 atom stereocenters. The van der Waals surface area contributed by atoms with Gasteiger partial charge in [0.05, 0.1) is 12.8 Å². The summed E-state index contributed by atoms with van der Waals surface area (Å²) < 4.78 is 7.51. The first kappa shape index (κ1) is 21.5. The number of unbranched alkanes of at least 4 members (excludes halogenated alkanes) is 1. The normalized spacial score (nSPS) is 10.9. The number of aryl methyl sites for hydroxylation is 1. The van der Waals surface area contributed by atoms with E-state index in [2.05, 4.69) is 45.1 Å². The Morgan fingerprint density at radius 2 is 1.74 bits per heavy atom. The number of benzene rings is 3. The fraction of sp³-hybridized carbons (Fsp3) is 0.200. The number of nitrogens with zero attached hydrogens (tertiary/aromatic N) is 3. The predicted molar refractivity (Wildman–Crippen MR) is 128 cm³/mol. The molecule has 3 aromatic carbocycles. The molecule has 1 aromatic heterocycles. The fourth-order valence-corrected chi connectivity index (χ4v) is 4.54. The second kappa shape index (κ2) is 10.5. The van der Waals surface area contributed by atoms with Crippen molar-refractivity contribution in [2.75, 3.05) is 12.9 Å². The Bertz CT molecular complexity index is 1130. The lowest BCUT2D eigenvalue weighted by Gasteiger charge is -2.12. The zero-order chi connectivity index (χ0) is 21.5. The molecular weight excluding hydrogens is 426 g/mol. The van der Waals surface area contributed by atoms with E-state index in [1.807, 2.05) is 48.5 Å². The van der Waals surface area contributed by atoms with Crippen molar-refractivity contribution in [2.24, 2.45) is 0 Å². The molecule has 1 heterocycles. The summed E-state index contributed by atoms with van der Waals surface area (Å²) in [5.41, 5.74) is 3.28. The van der Waals surface area contributed by atoms with Crippen molar-refractivity contribution in [3.8, 4) is 22.8 Å². The van der Waals surface area contributed by atoms with Gasteiger partial charge < -0.3 is 4.74 Å². The summed E-state index contributed by atoms with van der Waals surface area (Å²) in [6.45, 7) is 0. The van der Waals surface area contributed by atoms with E-state index in [1.54, 1.807) is 18.9 Å². The van der Waals surface area contributed by atoms with Gasteiger partial charge in [0.1, 0.15) is 5.75 Å². The van der Waals surface area contributed by atoms with Crippen LogP contribution in [0, 0.1) is 0 Å². The highest BCUT2D eigenvalue weighted by Crippen LogP contribution is 2.31. The fourth-order valence-electron chi connectivity index (χ4n) is 3.40. The second-order valence-electron chi connectivity index (χ2n) is 7.14. The first-order valence-corrected chi connectivity index (χ1v) is 11.6. The van der Waals surface area contributed by atoms with E-state index in [1.165, 1.54) is 5.56 Å². The van der Waals surface area contributed by atoms with E-state index in [0.717, 1.165) is 53.0 Å². The third-order valence-electron chi connectivity index (χ3n) is 4.96. The van der Waals surface area contributed by atoms with Crippen molar-refractivity contribution in [3.05, 3.63) is 89.4 Å². The molecule has 0 saturated heterocycles. The summed E-state index contributed by atoms with van der Waals surface area (Å²) in [6, 6.07) is 26.3. The Balaban J connectivity index is 1.54. The molecule has 6 heteroatoms. The van der Waals surface area contributed by atoms with Crippen LogP contribution in [0.2, 0.25) is 5.02 Å². The maximum atomic E-state index is 6.23. The molecule has 0 bridgehead atoms. The number of rotatable bonds is 9. The number of halogens is 1. The highest BCUT2D eigenvalue weighted by atomic mass is 35.5. The van der Waals surface area contributed by atoms with E-state index >= 15 is 0 Å². The van der Waals surface area contributed by atoms with Crippen molar-refractivity contribution in [1.82, 2.24) is 14.8 Å². The van der Waals surface area contributed by atoms with Gasteiger partial charge in [-0.25, -0.2) is 0 Å². The maximum Gasteiger partial charge on any atom is 0.196 e. The minimum absolute atomic E-state index is 0.674. The van der Waals surface area contributed by atoms with Crippen molar-refractivity contribution in [3.63, 3.8) is 0 Å². The van der Waals surface area contributed by atoms with Gasteiger partial charge in [0.15, 0.2) is 11.0 Å². The third-order valence-corrected chi connectivity index (χ3v) is 6.21. The second-order valence-corrected chi connectivity index (χ2v) is 8.64. The van der Waals surface area contributed by atoms with Crippen LogP contribution in [0.1, 0.15) is 18.4 Å². The van der Waals surface area contributed by atoms with E-state index in [4.69, 9.17) is 16.3 Å². The van der Waals surface area contributed by atoms with Crippen molar-refractivity contribution in [1.29, 1.82) is 0 Å². The Kier molecular flexibility index (Phi) is 7.28. The van der Waals surface area contributed by atoms with Crippen LogP contribution in [0.15, 0.2) is 84.0 Å². The molecule has 0 N–H and O–H groups in total. The molecule has 0 amide bonds. The summed E-state index contributed by atoms with van der Waals surface area (Å²) in [5, 5.41) is 10.5. The molecule has 0 unspecified atom stereocenters. The number of methoxy groups -OCH3 is 1. The average molecular weight is 450 g/mol. The Morgan fingerprint density at radius 1 is 0.903 bits per heavy atom. The van der Waals surface area contributed by atoms with E-state index in [-0.39, 0.29) is 0 Å². The van der Waals surface area contributed by atoms with Gasteiger partial charge in [0.25, 0.3) is 0 Å². The van der Waals surface area contributed by atoms with Crippen LogP contribution in [0.25, 0.3) is 17.1 Å². The smallest absolute Gasteiger partial charge is 0.196 e. The Hall–Kier alpha value is -2.76. The van der Waals surface area contributed by atoms with Crippen LogP contribution in [-0.4, -0.2) is 27.6 Å². The zero-order valence-electron chi connectivity index (χ0n) is 17.4. The van der Waals surface area contributed by atoms with Gasteiger partial charge in [-0.15, -0.1) is 10.2 Å². The predicted octanol–water partition coefficient (Wildman–Crippen LogP) is 6.71. The molecule has 4 nitrogen and oxygen atoms in total. The van der Waals surface area contributed by atoms with Gasteiger partial charge in [-0.05, 0) is 49.1 Å². The van der Waals surface area contributed by atoms with E-state index in [9.17, 15) is 0 Å². The lowest BCUT2D eigenvalue weighted by molar-refractivity contribution is 0.414. The minimum Gasteiger partial charge on any atom is -0.497 e. The summed E-state index contributed by atoms with van der Waals surface area (Å²) in [7, 11) is 1.67. The van der Waals surface area contributed by atoms with Crippen LogP contribution in [0.5, 0.6) is 5.75 Å². The molecule has 31 heavy (non-hydrogen) atoms. The molecule has 0 aliphatic carbocycles. The highest BCUT2D eigenvalue weighted by molar-refractivity contribution is 7.99. The summed E-state index contributed by atoms with van der Waals surface area (Å²) >= 11 is 7.96. The van der Waals surface area contributed by atoms with E-state index in [0.29, 0.717) is 5.02 Å². The number of ether oxygens (including phenoxy) is 1. The Labute approximate surface area is 192 Å². The van der Waals surface area contributed by atoms with Gasteiger partial charge in [-0.3, -0.25) is 4.57 Å². The molecule has 0 saturated carbocycles. The number of hydrogen-bond acceptors (Lipinski definition) is 4. The van der Waals surface area contributed by atoms with Gasteiger partial charge in [-0.2, -0.15) is 0 Å². The van der Waals surface area contributed by atoms with Gasteiger partial charge in [0, 0.05) is 22.4 Å². The Morgan fingerprint density at radius 3 is 2.55 bits per heavy atom. The molecule has 0 aliphatic heterocycles. The summed E-state index contributed by atoms with van der Waals surface area (Å²) in [5.74, 6) is 2.54. The molecule has 0 fully saturated rings. The number of hydrogen-bond donors (Lipinski definition) is 0. The highest BCUT2D eigenvalue weighted by Gasteiger charge is 2.17. The topological polar surface area (TPSA) is 39.9 Å². The first-order valence-electron chi connectivity index (χ1n) is 10.3. The SMILES string of the molecule is COc1cccc(-n2c(SCCCCc3ccccc3)nnc2-c2cccc(Cl)c2)c1. The molecular formula is C25H24ClN3OS. The minimum atomic E-state index is 0.674. The number of aromatic nitrogens is 3. The lowest BCUT2D eigenvalue weighted by Crippen LogP contribution is -2.00. The molecule has 0 aliphatic rings. The largest absolute Gasteiger partial charge is 0.497 e. The summed E-state index contributed by atoms with van der Waals surface area (Å²) in [6.07, 6.45) is 3.35. The molecule has 158 valence electrons. The van der Waals surface area contributed by atoms with Gasteiger partial charge in [0.2, 0.25) is 0 Å². The zero-order valence-corrected chi connectivity index (χ0v) is 18.9. The van der Waals surface area contributed by atoms with Crippen LogP contribution in [0.3, 0.4) is 0 Å². The monoisotopic (exact) mass is 449 g/mol. The van der Waals surface area contributed by atoms with Crippen molar-refractivity contribution >= 4 is 23.4 Å². The standard InChI is InChI=1S/C25H24ClN3OS/c1-30-23-15-8-14-22(18-23)29-24(20-12-7-13-21(26)17-20)27-28-25(29)31-16-6-5-11-19-9-3-2-4-10-19/h2-4,7-10,12-15,17-18H,5-6,11,16H2,1H3. The molecule has 4 rings (SSSR count). The number of thioether (sulfide) groups is 1. The maximum absolute atomic E-state index is 6.23. The van der Waals surface area contributed by atoms with Crippen LogP contribution >= 0.6 is 23.4 Å². The molecule has 0 spiro atoms. The van der Waals surface area contributed by atoms with Crippen LogP contribution in [-0.2, 0) is 6.42 Å². The lowest BCUT2D eigenvalue weighted by atomic mass is 10.1. The van der Waals surface area contributed by atoms with Gasteiger partial charge >= 0.3 is 0 Å². The van der Waals surface area contributed by atoms with E-state index < -0.39 is 0 Å². The molecule has 4 aromatic rings. The van der Waals surface area contributed by atoms with Crippen molar-refractivity contribution in [2.45, 2.75) is 24.4 Å². The van der Waals surface area contributed by atoms with Gasteiger partial charge in [-0.1, -0.05) is 71.9 Å². The third kappa shape index (κ3) is 5.49. The first-order chi connectivity index (χ1) is 15.2. The average Bonchev–Trinajstić information content (AvgIpc) is 3.23. The van der Waals surface area contributed by atoms with Crippen LogP contribution in [0.4, 0.5) is 0 Å². The van der Waals surface area contributed by atoms with Crippen molar-refractivity contribution < 1.29 is 4.74 Å². The quantitative estimate of drug-likeness (QED) is 0.210.